The van der Waals surface area contributed by atoms with Crippen LogP contribution < -0.4 is 0 Å². The third-order valence-electron chi connectivity index (χ3n) is 3.18. The second kappa shape index (κ2) is 8.00. The number of hydrogen-bond acceptors (Lipinski definition) is 4. The first-order valence-corrected chi connectivity index (χ1v) is 7.80. The molecule has 0 aliphatic heterocycles. The van der Waals surface area contributed by atoms with E-state index in [9.17, 15) is 9.18 Å². The Hall–Kier alpha value is -1.59. The lowest BCUT2D eigenvalue weighted by atomic mass is 10.1. The van der Waals surface area contributed by atoms with Crippen molar-refractivity contribution < 1.29 is 13.9 Å². The van der Waals surface area contributed by atoms with Crippen LogP contribution in [0.15, 0.2) is 29.8 Å². The second-order valence-corrected chi connectivity index (χ2v) is 5.70. The largest absolute Gasteiger partial charge is 0.381 e. The monoisotopic (exact) mass is 307 g/mol. The number of aryl methyl sites for hydroxylation is 1. The molecule has 0 amide bonds. The Bertz CT molecular complexity index is 580. The number of ether oxygens (including phenoxy) is 1. The van der Waals surface area contributed by atoms with E-state index in [1.165, 1.54) is 29.1 Å². The number of nitrogens with zero attached hydrogens (tertiary/aromatic N) is 1. The van der Waals surface area contributed by atoms with Gasteiger partial charge in [0.15, 0.2) is 5.78 Å². The van der Waals surface area contributed by atoms with Crippen molar-refractivity contribution in [3.63, 3.8) is 0 Å². The Labute approximate surface area is 127 Å². The van der Waals surface area contributed by atoms with Crippen LogP contribution in [-0.2, 0) is 11.2 Å². The normalized spacial score (nSPS) is 10.8. The van der Waals surface area contributed by atoms with Crippen LogP contribution in [0.3, 0.4) is 0 Å². The minimum Gasteiger partial charge on any atom is -0.381 e. The Morgan fingerprint density at radius 1 is 1.29 bits per heavy atom. The first-order valence-electron chi connectivity index (χ1n) is 6.92. The number of carbonyl (C=O) groups excluding carboxylic acids is 1. The van der Waals surface area contributed by atoms with Gasteiger partial charge in [-0.25, -0.2) is 9.37 Å². The molecule has 1 aromatic carbocycles. The van der Waals surface area contributed by atoms with E-state index in [1.807, 2.05) is 12.4 Å². The van der Waals surface area contributed by atoms with Crippen molar-refractivity contribution in [1.82, 2.24) is 4.98 Å². The fraction of sp³-hybridized carbons (Fsp3) is 0.375. The molecule has 21 heavy (non-hydrogen) atoms. The fourth-order valence-electron chi connectivity index (χ4n) is 1.95. The van der Waals surface area contributed by atoms with E-state index in [2.05, 4.69) is 4.98 Å². The molecule has 1 heterocycles. The number of halogens is 1. The standard InChI is InChI=1S/C16H18FNO2S/c1-12-16(21-11-18-12)8-10-20-9-2-3-15(19)13-4-6-14(17)7-5-13/h4-7,11H,2-3,8-10H2,1H3. The maximum Gasteiger partial charge on any atom is 0.162 e. The summed E-state index contributed by atoms with van der Waals surface area (Å²) in [4.78, 5) is 17.3. The minimum absolute atomic E-state index is 0.0249. The van der Waals surface area contributed by atoms with Gasteiger partial charge in [-0.1, -0.05) is 0 Å². The molecule has 0 atom stereocenters. The molecule has 0 N–H and O–H groups in total. The average molecular weight is 307 g/mol. The number of carbonyl (C=O) groups is 1. The summed E-state index contributed by atoms with van der Waals surface area (Å²) in [6.45, 7) is 3.20. The maximum atomic E-state index is 12.8. The zero-order chi connectivity index (χ0) is 15.1. The zero-order valence-corrected chi connectivity index (χ0v) is 12.8. The van der Waals surface area contributed by atoms with Crippen molar-refractivity contribution >= 4 is 17.1 Å². The molecule has 0 unspecified atom stereocenters. The lowest BCUT2D eigenvalue weighted by Gasteiger charge is -2.04. The van der Waals surface area contributed by atoms with Crippen LogP contribution in [0.5, 0.6) is 0 Å². The van der Waals surface area contributed by atoms with Crippen LogP contribution >= 0.6 is 11.3 Å². The minimum atomic E-state index is -0.326. The van der Waals surface area contributed by atoms with Gasteiger partial charge >= 0.3 is 0 Å². The lowest BCUT2D eigenvalue weighted by molar-refractivity contribution is 0.0940. The Morgan fingerprint density at radius 2 is 2.05 bits per heavy atom. The van der Waals surface area contributed by atoms with Crippen molar-refractivity contribution in [3.8, 4) is 0 Å². The number of hydrogen-bond donors (Lipinski definition) is 0. The highest BCUT2D eigenvalue weighted by molar-refractivity contribution is 7.09. The third-order valence-corrected chi connectivity index (χ3v) is 4.17. The maximum absolute atomic E-state index is 12.8. The Balaban J connectivity index is 1.60. The molecule has 2 rings (SSSR count). The highest BCUT2D eigenvalue weighted by Crippen LogP contribution is 2.13. The number of ketones is 1. The van der Waals surface area contributed by atoms with Crippen molar-refractivity contribution in [3.05, 3.63) is 51.7 Å². The lowest BCUT2D eigenvalue weighted by Crippen LogP contribution is -2.04. The van der Waals surface area contributed by atoms with Crippen LogP contribution in [0, 0.1) is 12.7 Å². The highest BCUT2D eigenvalue weighted by atomic mass is 32.1. The molecule has 5 heteroatoms. The smallest absolute Gasteiger partial charge is 0.162 e. The summed E-state index contributed by atoms with van der Waals surface area (Å²) in [7, 11) is 0. The molecule has 0 spiro atoms. The van der Waals surface area contributed by atoms with Gasteiger partial charge in [-0.05, 0) is 37.6 Å². The van der Waals surface area contributed by atoms with E-state index >= 15 is 0 Å². The van der Waals surface area contributed by atoms with Crippen LogP contribution in [0.1, 0.15) is 33.8 Å². The molecule has 0 fully saturated rings. The van der Waals surface area contributed by atoms with Gasteiger partial charge in [0.05, 0.1) is 17.8 Å². The summed E-state index contributed by atoms with van der Waals surface area (Å²) in [5, 5.41) is 0. The molecule has 112 valence electrons. The first kappa shape index (κ1) is 15.8. The van der Waals surface area contributed by atoms with Gasteiger partial charge in [-0.2, -0.15) is 0 Å². The highest BCUT2D eigenvalue weighted by Gasteiger charge is 2.06. The molecule has 1 aromatic heterocycles. The van der Waals surface area contributed by atoms with Crippen LogP contribution in [0.2, 0.25) is 0 Å². The summed E-state index contributed by atoms with van der Waals surface area (Å²) in [5.74, 6) is -0.301. The van der Waals surface area contributed by atoms with Gasteiger partial charge < -0.3 is 4.74 Å². The van der Waals surface area contributed by atoms with Gasteiger partial charge in [0.2, 0.25) is 0 Å². The van der Waals surface area contributed by atoms with Gasteiger partial charge in [0.1, 0.15) is 5.82 Å². The third kappa shape index (κ3) is 5.02. The number of aromatic nitrogens is 1. The van der Waals surface area contributed by atoms with Gasteiger partial charge in [0, 0.05) is 29.9 Å². The van der Waals surface area contributed by atoms with Crippen molar-refractivity contribution in [2.75, 3.05) is 13.2 Å². The molecule has 0 aliphatic rings. The summed E-state index contributed by atoms with van der Waals surface area (Å²) in [6.07, 6.45) is 1.96. The molecule has 0 aliphatic carbocycles. The molecular formula is C16H18FNO2S. The fourth-order valence-corrected chi connectivity index (χ4v) is 2.71. The van der Waals surface area contributed by atoms with E-state index < -0.39 is 0 Å². The number of Topliss-reactive ketones (excluding diaryl/α,β-unsaturated/α-hetero) is 1. The van der Waals surface area contributed by atoms with Gasteiger partial charge in [0.25, 0.3) is 0 Å². The van der Waals surface area contributed by atoms with E-state index in [-0.39, 0.29) is 11.6 Å². The van der Waals surface area contributed by atoms with E-state index in [0.717, 1.165) is 12.1 Å². The topological polar surface area (TPSA) is 39.2 Å². The summed E-state index contributed by atoms with van der Waals surface area (Å²) in [6, 6.07) is 5.65. The quantitative estimate of drug-likeness (QED) is 0.550. The van der Waals surface area contributed by atoms with Crippen molar-refractivity contribution in [2.45, 2.75) is 26.2 Å². The predicted octanol–water partition coefficient (Wildman–Crippen LogP) is 3.81. The number of rotatable bonds is 8. The zero-order valence-electron chi connectivity index (χ0n) is 12.0. The predicted molar refractivity (Wildman–Crippen MR) is 81.3 cm³/mol. The molecule has 0 bridgehead atoms. The summed E-state index contributed by atoms with van der Waals surface area (Å²) < 4.78 is 18.3. The molecular weight excluding hydrogens is 289 g/mol. The Morgan fingerprint density at radius 3 is 2.71 bits per heavy atom. The molecule has 3 nitrogen and oxygen atoms in total. The Kier molecular flexibility index (Phi) is 6.02. The molecule has 0 saturated carbocycles. The molecule has 0 saturated heterocycles. The summed E-state index contributed by atoms with van der Waals surface area (Å²) >= 11 is 1.64. The number of thiazole rings is 1. The molecule has 2 aromatic rings. The first-order chi connectivity index (χ1) is 10.2. The van der Waals surface area contributed by atoms with E-state index in [1.54, 1.807) is 11.3 Å². The molecule has 0 radical (unpaired) electrons. The van der Waals surface area contributed by atoms with Gasteiger partial charge in [-0.3, -0.25) is 4.79 Å². The average Bonchev–Trinajstić information content (AvgIpc) is 2.88. The van der Waals surface area contributed by atoms with Crippen LogP contribution in [0.4, 0.5) is 4.39 Å². The van der Waals surface area contributed by atoms with E-state index in [4.69, 9.17) is 4.74 Å². The van der Waals surface area contributed by atoms with Crippen LogP contribution in [0.25, 0.3) is 0 Å². The summed E-state index contributed by atoms with van der Waals surface area (Å²) in [5.41, 5.74) is 3.46. The van der Waals surface area contributed by atoms with Crippen molar-refractivity contribution in [2.24, 2.45) is 0 Å². The van der Waals surface area contributed by atoms with Crippen LogP contribution in [-0.4, -0.2) is 24.0 Å². The SMILES string of the molecule is Cc1ncsc1CCOCCCC(=O)c1ccc(F)cc1. The van der Waals surface area contributed by atoms with Crippen molar-refractivity contribution in [1.29, 1.82) is 0 Å². The second-order valence-electron chi connectivity index (χ2n) is 4.76. The van der Waals surface area contributed by atoms with E-state index in [0.29, 0.717) is 31.6 Å². The van der Waals surface area contributed by atoms with Gasteiger partial charge in [-0.15, -0.1) is 11.3 Å². The number of benzene rings is 1.